The highest BCUT2D eigenvalue weighted by atomic mass is 16.1. The van der Waals surface area contributed by atoms with E-state index in [-0.39, 0.29) is 19.8 Å². The number of hydrogen-bond donors (Lipinski definition) is 1. The highest BCUT2D eigenvalue weighted by molar-refractivity contribution is 5.77. The molecule has 13 nitrogen and oxygen atoms in total. The number of carbonyl (C=O) groups excluding carboxylic acids is 1. The van der Waals surface area contributed by atoms with Crippen LogP contribution >= 0.6 is 0 Å². The summed E-state index contributed by atoms with van der Waals surface area (Å²) in [4.78, 5) is 19.4. The van der Waals surface area contributed by atoms with Gasteiger partial charge in [-0.3, -0.25) is 4.79 Å². The summed E-state index contributed by atoms with van der Waals surface area (Å²) >= 11 is 0. The fourth-order valence-corrected chi connectivity index (χ4v) is 2.92. The zero-order valence-corrected chi connectivity index (χ0v) is 29.5. The first-order valence-corrected chi connectivity index (χ1v) is 14.6. The average molecular weight is 697 g/mol. The summed E-state index contributed by atoms with van der Waals surface area (Å²) in [5, 5.41) is 9.88. The van der Waals surface area contributed by atoms with Crippen molar-refractivity contribution >= 4 is 17.2 Å². The molecule has 0 spiro atoms. The van der Waals surface area contributed by atoms with Crippen molar-refractivity contribution in [3.63, 3.8) is 0 Å². The molecule has 0 aromatic heterocycles. The van der Waals surface area contributed by atoms with Crippen LogP contribution in [0.25, 0.3) is 41.8 Å². The molecular formula is C39H44N12O. The van der Waals surface area contributed by atoms with Crippen LogP contribution in [0.1, 0.15) is 54.7 Å². The first-order valence-electron chi connectivity index (χ1n) is 14.6. The Labute approximate surface area is 307 Å². The molecule has 0 radical (unpaired) electrons. The summed E-state index contributed by atoms with van der Waals surface area (Å²) in [6.45, 7) is 11.0. The molecule has 0 saturated carbocycles. The minimum absolute atomic E-state index is 0. The molecule has 0 heterocycles. The molecule has 266 valence electrons. The summed E-state index contributed by atoms with van der Waals surface area (Å²) in [5.41, 5.74) is 43.9. The Hall–Kier alpha value is -7.53. The van der Waals surface area contributed by atoms with Gasteiger partial charge in [-0.2, -0.15) is 0 Å². The number of hydrogen-bond acceptors (Lipinski definition) is 5. The molecule has 0 fully saturated rings. The lowest BCUT2D eigenvalue weighted by atomic mass is 10.1. The van der Waals surface area contributed by atoms with Crippen molar-refractivity contribution in [2.24, 2.45) is 15.3 Å². The number of Topliss-reactive ketones (excluding diaryl/α,β-unsaturated/α-hetero) is 1. The van der Waals surface area contributed by atoms with Crippen LogP contribution in [0.4, 0.5) is 11.4 Å². The number of benzene rings is 4. The first kappa shape index (κ1) is 51.3. The van der Waals surface area contributed by atoms with E-state index in [1.165, 1.54) is 18.1 Å². The molecule has 1 N–H and O–H groups in total. The van der Waals surface area contributed by atoms with Gasteiger partial charge in [0.05, 0.1) is 6.54 Å². The van der Waals surface area contributed by atoms with Crippen LogP contribution in [-0.4, -0.2) is 12.3 Å². The summed E-state index contributed by atoms with van der Waals surface area (Å²) in [7, 11) is 0. The normalized spacial score (nSPS) is 7.44. The van der Waals surface area contributed by atoms with Crippen LogP contribution in [-0.2, 0) is 4.79 Å². The average Bonchev–Trinajstić information content (AvgIpc) is 3.11. The number of carbonyl (C=O) groups is 1. The van der Waals surface area contributed by atoms with Crippen molar-refractivity contribution in [2.75, 3.05) is 6.54 Å². The molecule has 0 unspecified atom stereocenters. The number of azide groups is 3. The maximum atomic E-state index is 9.94. The molecule has 0 aliphatic rings. The largest absolute Gasteiger partial charge is 0.300 e. The molecule has 0 aliphatic carbocycles. The quantitative estimate of drug-likeness (QED) is 0.0934. The second-order valence-corrected chi connectivity index (χ2v) is 9.56. The number of aryl methyl sites for hydroxylation is 4. The summed E-state index contributed by atoms with van der Waals surface area (Å²) < 4.78 is 0. The van der Waals surface area contributed by atoms with Crippen LogP contribution in [0.15, 0.2) is 112 Å². The van der Waals surface area contributed by atoms with Gasteiger partial charge in [-0.05, 0) is 104 Å². The molecule has 0 saturated heterocycles. The van der Waals surface area contributed by atoms with Gasteiger partial charge in [0.2, 0.25) is 0 Å². The Balaban J connectivity index is -0.000000266. The third-order valence-electron chi connectivity index (χ3n) is 5.12. The van der Waals surface area contributed by atoms with E-state index in [0.29, 0.717) is 11.4 Å². The molecule has 0 atom stereocenters. The molecule has 13 heteroatoms. The van der Waals surface area contributed by atoms with Gasteiger partial charge in [0.1, 0.15) is 5.78 Å². The number of ketones is 1. The fraction of sp³-hybridized carbons (Fsp3) is 0.205. The minimum Gasteiger partial charge on any atom is -0.300 e. The molecule has 0 aliphatic heterocycles. The highest BCUT2D eigenvalue weighted by Crippen LogP contribution is 2.13. The van der Waals surface area contributed by atoms with Crippen molar-refractivity contribution in [1.82, 2.24) is 0 Å². The Morgan fingerprint density at radius 1 is 0.654 bits per heavy atom. The van der Waals surface area contributed by atoms with Gasteiger partial charge in [0.15, 0.2) is 0 Å². The van der Waals surface area contributed by atoms with E-state index in [1.54, 1.807) is 30.0 Å². The summed E-state index contributed by atoms with van der Waals surface area (Å²) in [6.07, 6.45) is 14.9. The van der Waals surface area contributed by atoms with Crippen LogP contribution in [0.2, 0.25) is 0 Å². The number of rotatable bonds is 4. The molecule has 4 aromatic rings. The van der Waals surface area contributed by atoms with Crippen molar-refractivity contribution in [3.8, 4) is 37.0 Å². The third kappa shape index (κ3) is 33.8. The molecule has 4 aromatic carbocycles. The predicted octanol–water partition coefficient (Wildman–Crippen LogP) is 12.9. The molecule has 4 rings (SSSR count). The molecule has 0 amide bonds. The van der Waals surface area contributed by atoms with Crippen molar-refractivity contribution < 1.29 is 4.79 Å². The van der Waals surface area contributed by atoms with E-state index in [0.717, 1.165) is 22.3 Å². The SMILES string of the molecule is C.C#CC.C#Cc1ccc(C)cc1.C#Cc1cccc(C)c1.CC(=O)CN=[N+]=[N-].Cc1ccc(N=[N+]=[N-])cc1.Cc1cccc(N=[N+]=[N-])c1.[N-]=[N+]=N. The Morgan fingerprint density at radius 3 is 1.42 bits per heavy atom. The van der Waals surface area contributed by atoms with Crippen molar-refractivity contribution in [1.29, 1.82) is 5.53 Å². The maximum absolute atomic E-state index is 9.94. The van der Waals surface area contributed by atoms with E-state index in [1.807, 2.05) is 107 Å². The summed E-state index contributed by atoms with van der Waals surface area (Å²) in [5.74, 6) is 7.26. The van der Waals surface area contributed by atoms with Crippen LogP contribution in [0, 0.1) is 70.3 Å². The fourth-order valence-electron chi connectivity index (χ4n) is 2.92. The number of nitrogens with one attached hydrogen (secondary N) is 1. The molecular weight excluding hydrogens is 653 g/mol. The maximum Gasteiger partial charge on any atom is 0.135 e. The van der Waals surface area contributed by atoms with Crippen molar-refractivity contribution in [3.05, 3.63) is 172 Å². The number of terminal acetylenes is 3. The van der Waals surface area contributed by atoms with Gasteiger partial charge >= 0.3 is 0 Å². The van der Waals surface area contributed by atoms with Gasteiger partial charge in [0.25, 0.3) is 0 Å². The van der Waals surface area contributed by atoms with Crippen LogP contribution in [0.5, 0.6) is 0 Å². The smallest absolute Gasteiger partial charge is 0.135 e. The standard InChI is InChI=1S/2C9H8.2C7H7N3.C3H5N3O.C3H4.CH4.HN3/c1-3-9-6-4-8(2)5-7-9;1-3-9-6-4-5-8(2)7-9;1-6-2-4-7(5-3-6)9-10-8;1-6-3-2-4-7(5-6)9-10-8;1-3(7)2-5-6-4;1-3-2;;1-3-2/h2*1,4-7H,2H3;2*2-5H,1H3;2H2,1H3;1H,2H3;1H4;1H. The van der Waals surface area contributed by atoms with E-state index in [2.05, 4.69) is 54.3 Å². The highest BCUT2D eigenvalue weighted by Gasteiger charge is 1.87. The van der Waals surface area contributed by atoms with Crippen LogP contribution in [0.3, 0.4) is 0 Å². The van der Waals surface area contributed by atoms with E-state index >= 15 is 0 Å². The van der Waals surface area contributed by atoms with Gasteiger partial charge in [0, 0.05) is 37.2 Å². The second kappa shape index (κ2) is 36.3. The van der Waals surface area contributed by atoms with Gasteiger partial charge < -0.3 is 0 Å². The first-order chi connectivity index (χ1) is 24.4. The van der Waals surface area contributed by atoms with Gasteiger partial charge in [-0.15, -0.1) is 30.7 Å². The van der Waals surface area contributed by atoms with Gasteiger partial charge in [-0.1, -0.05) is 118 Å². The zero-order chi connectivity index (χ0) is 39.3. The third-order valence-corrected chi connectivity index (χ3v) is 5.12. The predicted molar refractivity (Wildman–Crippen MR) is 214 cm³/mol. The molecule has 52 heavy (non-hydrogen) atoms. The van der Waals surface area contributed by atoms with E-state index in [9.17, 15) is 4.79 Å². The second-order valence-electron chi connectivity index (χ2n) is 9.56. The van der Waals surface area contributed by atoms with Gasteiger partial charge in [-0.25, -0.2) is 0 Å². The summed E-state index contributed by atoms with van der Waals surface area (Å²) in [6, 6.07) is 30.6. The van der Waals surface area contributed by atoms with E-state index in [4.69, 9.17) is 40.5 Å². The monoisotopic (exact) mass is 696 g/mol. The Morgan fingerprint density at radius 2 is 1.08 bits per heavy atom. The Kier molecular flexibility index (Phi) is 35.8. The molecule has 0 bridgehead atoms. The lowest BCUT2D eigenvalue weighted by molar-refractivity contribution is -0.115. The van der Waals surface area contributed by atoms with Crippen LogP contribution < -0.4 is 0 Å². The number of nitrogens with zero attached hydrogens (tertiary/aromatic N) is 11. The van der Waals surface area contributed by atoms with Crippen molar-refractivity contribution in [2.45, 2.75) is 49.0 Å². The Bertz CT molecular complexity index is 1910. The lowest BCUT2D eigenvalue weighted by Crippen LogP contribution is -1.91. The van der Waals surface area contributed by atoms with E-state index < -0.39 is 0 Å². The topological polar surface area (TPSA) is 224 Å². The zero-order valence-electron chi connectivity index (χ0n) is 29.5. The minimum atomic E-state index is -0.113. The lowest BCUT2D eigenvalue weighted by Gasteiger charge is -1.91.